The lowest BCUT2D eigenvalue weighted by Gasteiger charge is -2.35. The number of ether oxygens (including phenoxy) is 2. The summed E-state index contributed by atoms with van der Waals surface area (Å²) in [6.07, 6.45) is 0. The molecule has 0 bridgehead atoms. The van der Waals surface area contributed by atoms with Gasteiger partial charge in [-0.05, 0) is 47.5 Å². The molecule has 0 radical (unpaired) electrons. The molecule has 6 amide bonds. The van der Waals surface area contributed by atoms with Crippen LogP contribution in [0, 0.1) is 0 Å². The maximum atomic E-state index is 13.6. The molecule has 34 heteroatoms. The van der Waals surface area contributed by atoms with Crippen molar-refractivity contribution >= 4 is 92.8 Å². The van der Waals surface area contributed by atoms with Crippen molar-refractivity contribution in [2.24, 2.45) is 0 Å². The van der Waals surface area contributed by atoms with Gasteiger partial charge >= 0.3 is 35.8 Å². The molecule has 0 spiro atoms. The quantitative estimate of drug-likeness (QED) is 0.0260. The number of carboxylic acid groups (broad SMARTS) is 6. The molecule has 2 aliphatic rings. The lowest BCUT2D eigenvalue weighted by atomic mass is 9.92. The first-order chi connectivity index (χ1) is 45.8. The smallest absolute Gasteiger partial charge is 0.317 e. The SMILES string of the molecule is CC(C(=O)NCC(=O)NNC(=O)COc1ccc2ccccc2c1-c1c(OCC(=O)NNC(=O)CNC(=O)C(C)N2CCN(CC(=O)O)CCN(CC(=O)O)CCN(CC(=O)O)CC2)ccc2ccccc12)N1CCN(CC(=O)O)CCN(CC(=O)O)CCN(CC(=O)O)CC1. The van der Waals surface area contributed by atoms with Crippen LogP contribution in [0.5, 0.6) is 11.5 Å². The number of rotatable bonds is 27. The van der Waals surface area contributed by atoms with Gasteiger partial charge in [0, 0.05) is 116 Å². The Labute approximate surface area is 551 Å². The van der Waals surface area contributed by atoms with E-state index in [1.54, 1.807) is 89.4 Å². The van der Waals surface area contributed by atoms with Crippen LogP contribution < -0.4 is 41.8 Å². The minimum atomic E-state index is -1.11. The fraction of sp³-hybridized carbons (Fsp3) is 0.484. The average molecular weight is 1350 g/mol. The van der Waals surface area contributed by atoms with Crippen LogP contribution in [-0.2, 0) is 57.5 Å². The molecule has 2 aliphatic heterocycles. The van der Waals surface area contributed by atoms with Gasteiger partial charge in [0.1, 0.15) is 11.5 Å². The van der Waals surface area contributed by atoms with Gasteiger partial charge in [0.2, 0.25) is 11.8 Å². The molecule has 96 heavy (non-hydrogen) atoms. The van der Waals surface area contributed by atoms with E-state index in [0.29, 0.717) is 21.9 Å². The Balaban J connectivity index is 1.05. The molecule has 522 valence electrons. The van der Waals surface area contributed by atoms with E-state index in [0.717, 1.165) is 10.8 Å². The van der Waals surface area contributed by atoms with Crippen molar-refractivity contribution in [3.63, 3.8) is 0 Å². The highest BCUT2D eigenvalue weighted by atomic mass is 16.5. The van der Waals surface area contributed by atoms with Gasteiger partial charge in [0.25, 0.3) is 23.6 Å². The maximum absolute atomic E-state index is 13.6. The van der Waals surface area contributed by atoms with Crippen molar-refractivity contribution in [1.82, 2.24) is 71.5 Å². The number of carboxylic acids is 6. The number of hydrogen-bond donors (Lipinski definition) is 12. The number of nitrogens with zero attached hydrogens (tertiary/aromatic N) is 8. The molecule has 2 atom stereocenters. The highest BCUT2D eigenvalue weighted by Crippen LogP contribution is 2.45. The Hall–Kier alpha value is -9.68. The van der Waals surface area contributed by atoms with Gasteiger partial charge in [0.05, 0.1) is 64.4 Å². The number of carbonyl (C=O) groups excluding carboxylic acids is 6. The van der Waals surface area contributed by atoms with E-state index in [4.69, 9.17) is 9.47 Å². The molecule has 0 aliphatic carbocycles. The number of benzene rings is 4. The van der Waals surface area contributed by atoms with Gasteiger partial charge in [-0.25, -0.2) is 0 Å². The predicted molar refractivity (Wildman–Crippen MR) is 343 cm³/mol. The molecule has 4 aromatic carbocycles. The van der Waals surface area contributed by atoms with Crippen LogP contribution in [0.2, 0.25) is 0 Å². The monoisotopic (exact) mass is 1340 g/mol. The van der Waals surface area contributed by atoms with Gasteiger partial charge in [-0.1, -0.05) is 60.7 Å². The van der Waals surface area contributed by atoms with Gasteiger partial charge < -0.3 is 50.7 Å². The van der Waals surface area contributed by atoms with Crippen molar-refractivity contribution in [3.05, 3.63) is 72.8 Å². The Bertz CT molecular complexity index is 3130. The van der Waals surface area contributed by atoms with Gasteiger partial charge in [0.15, 0.2) is 13.2 Å². The fourth-order valence-electron chi connectivity index (χ4n) is 10.9. The molecule has 6 rings (SSSR count). The molecular weight excluding hydrogens is 1260 g/mol. The van der Waals surface area contributed by atoms with E-state index in [9.17, 15) is 88.2 Å². The second kappa shape index (κ2) is 38.0. The van der Waals surface area contributed by atoms with E-state index in [1.165, 1.54) is 0 Å². The van der Waals surface area contributed by atoms with E-state index in [1.807, 2.05) is 36.4 Å². The Kier molecular flexibility index (Phi) is 29.8. The summed E-state index contributed by atoms with van der Waals surface area (Å²) in [6, 6.07) is 19.6. The van der Waals surface area contributed by atoms with E-state index in [2.05, 4.69) is 32.3 Å². The van der Waals surface area contributed by atoms with Crippen LogP contribution >= 0.6 is 0 Å². The van der Waals surface area contributed by atoms with Crippen molar-refractivity contribution in [2.75, 3.05) is 170 Å². The first-order valence-corrected chi connectivity index (χ1v) is 31.0. The Morgan fingerprint density at radius 1 is 0.354 bits per heavy atom. The minimum absolute atomic E-state index is 0.151. The molecule has 2 fully saturated rings. The molecule has 2 saturated heterocycles. The minimum Gasteiger partial charge on any atom is -0.483 e. The van der Waals surface area contributed by atoms with Crippen LogP contribution in [0.15, 0.2) is 72.8 Å². The highest BCUT2D eigenvalue weighted by Gasteiger charge is 2.29. The van der Waals surface area contributed by atoms with Gasteiger partial charge in [-0.3, -0.25) is 118 Å². The zero-order valence-electron chi connectivity index (χ0n) is 53.4. The number of aliphatic carboxylic acids is 6. The zero-order valence-corrected chi connectivity index (χ0v) is 53.4. The summed E-state index contributed by atoms with van der Waals surface area (Å²) in [4.78, 5) is 163. The molecule has 34 nitrogen and oxygen atoms in total. The highest BCUT2D eigenvalue weighted by molar-refractivity contribution is 6.10. The lowest BCUT2D eigenvalue weighted by Crippen LogP contribution is -2.54. The summed E-state index contributed by atoms with van der Waals surface area (Å²) in [5.41, 5.74) is 9.98. The summed E-state index contributed by atoms with van der Waals surface area (Å²) < 4.78 is 12.3. The molecule has 2 unspecified atom stereocenters. The summed E-state index contributed by atoms with van der Waals surface area (Å²) in [5.74, 6) is -10.7. The van der Waals surface area contributed by atoms with Crippen molar-refractivity contribution in [3.8, 4) is 22.6 Å². The Morgan fingerprint density at radius 3 is 0.875 bits per heavy atom. The van der Waals surface area contributed by atoms with Crippen molar-refractivity contribution < 1.29 is 97.6 Å². The first kappa shape index (κ1) is 75.3. The molecular formula is C62H84N14O20. The predicted octanol–water partition coefficient (Wildman–Crippen LogP) is -3.33. The second-order valence-corrected chi connectivity index (χ2v) is 23.0. The number of hydrogen-bond acceptors (Lipinski definition) is 22. The van der Waals surface area contributed by atoms with Crippen molar-refractivity contribution in [1.29, 1.82) is 0 Å². The van der Waals surface area contributed by atoms with Gasteiger partial charge in [-0.2, -0.15) is 0 Å². The van der Waals surface area contributed by atoms with Gasteiger partial charge in [-0.15, -0.1) is 0 Å². The van der Waals surface area contributed by atoms with E-state index >= 15 is 0 Å². The maximum Gasteiger partial charge on any atom is 0.317 e. The Morgan fingerprint density at radius 2 is 0.604 bits per heavy atom. The van der Waals surface area contributed by atoms with Crippen LogP contribution in [-0.4, -0.2) is 323 Å². The van der Waals surface area contributed by atoms with Crippen LogP contribution in [0.1, 0.15) is 13.8 Å². The summed E-state index contributed by atoms with van der Waals surface area (Å²) >= 11 is 0. The first-order valence-electron chi connectivity index (χ1n) is 31.0. The molecule has 12 N–H and O–H groups in total. The third-order valence-electron chi connectivity index (χ3n) is 16.0. The van der Waals surface area contributed by atoms with Crippen LogP contribution in [0.25, 0.3) is 32.7 Å². The zero-order chi connectivity index (χ0) is 69.8. The largest absolute Gasteiger partial charge is 0.483 e. The summed E-state index contributed by atoms with van der Waals surface area (Å²) in [5, 5.41) is 65.3. The van der Waals surface area contributed by atoms with Crippen LogP contribution in [0.3, 0.4) is 0 Å². The molecule has 0 saturated carbocycles. The summed E-state index contributed by atoms with van der Waals surface area (Å²) in [6.45, 7) is 1.23. The second-order valence-electron chi connectivity index (χ2n) is 23.0. The van der Waals surface area contributed by atoms with Crippen molar-refractivity contribution in [2.45, 2.75) is 25.9 Å². The third-order valence-corrected chi connectivity index (χ3v) is 16.0. The topological polar surface area (TPSA) is 443 Å². The van der Waals surface area contributed by atoms with E-state index in [-0.39, 0.29) is 155 Å². The molecule has 4 aromatic rings. The third kappa shape index (κ3) is 25.2. The molecule has 0 aromatic heterocycles. The number of amides is 6. The standard InChI is InChI=1S/C62H84N14O20/c1-41(75-27-23-71(35-55(85)86)19-15-69(33-53(81)82)16-20-72(24-28-75)36-56(87)88)61(93)63-31-49(77)65-67-51(79)39-95-47-13-11-43-7-3-5-9-45(43)59(47)60-46-10-6-4-8-44(46)12-14-48(60)96-40-52(80)68-66-50(78)32-64-62(94)42(2)76-29-25-73(37-57(89)90)21-17-70(34-54(83)84)18-22-74(26-30-76)38-58(91)92/h3-14,41-42H,15-40H2,1-2H3,(H,63,93)(H,64,94)(H,65,77)(H,66,78)(H,67,79)(H,68,80)(H,81,82)(H,83,84)(H,85,86)(H,87,88)(H,89,90)(H,91,92). The fourth-order valence-corrected chi connectivity index (χ4v) is 10.9. The summed E-state index contributed by atoms with van der Waals surface area (Å²) in [7, 11) is 0. The van der Waals surface area contributed by atoms with Crippen LogP contribution in [0.4, 0.5) is 0 Å². The lowest BCUT2D eigenvalue weighted by molar-refractivity contribution is -0.141. The molecule has 2 heterocycles. The van der Waals surface area contributed by atoms with E-state index < -0.39 is 110 Å². The number of fused-ring (bicyclic) bond motifs is 2. The number of hydrazine groups is 2. The number of nitrogens with one attached hydrogen (secondary N) is 6. The number of carbonyl (C=O) groups is 12. The normalized spacial score (nSPS) is 16.7. The average Bonchev–Trinajstić information content (AvgIpc) is 0.755.